The lowest BCUT2D eigenvalue weighted by Crippen LogP contribution is -2.43. The number of aliphatic hydroxyl groups is 1. The van der Waals surface area contributed by atoms with Crippen molar-refractivity contribution in [3.05, 3.63) is 60.9 Å². The van der Waals surface area contributed by atoms with Gasteiger partial charge in [-0.15, -0.1) is 0 Å². The molecule has 186 valence electrons. The number of hydrogen-bond acceptors (Lipinski definition) is 8. The van der Waals surface area contributed by atoms with E-state index >= 15 is 0 Å². The second-order valence-corrected chi connectivity index (χ2v) is 8.70. The predicted octanol–water partition coefficient (Wildman–Crippen LogP) is 2.61. The van der Waals surface area contributed by atoms with Gasteiger partial charge in [-0.05, 0) is 49.2 Å². The van der Waals surface area contributed by atoms with Crippen molar-refractivity contribution in [2.75, 3.05) is 38.5 Å². The van der Waals surface area contributed by atoms with Crippen LogP contribution in [0.15, 0.2) is 60.9 Å². The van der Waals surface area contributed by atoms with Crippen LogP contribution in [0.1, 0.15) is 18.9 Å². The third-order valence-electron chi connectivity index (χ3n) is 6.35. The summed E-state index contributed by atoms with van der Waals surface area (Å²) >= 11 is 0. The number of aromatic nitrogens is 4. The maximum atomic E-state index is 12.4. The maximum Gasteiger partial charge on any atom is 0.236 e. The third kappa shape index (κ3) is 5.00. The Morgan fingerprint density at radius 2 is 1.78 bits per heavy atom. The summed E-state index contributed by atoms with van der Waals surface area (Å²) in [6.07, 6.45) is 2.98. The molecule has 2 aromatic carbocycles. The molecular formula is C26H29N7O3. The third-order valence-corrected chi connectivity index (χ3v) is 6.35. The summed E-state index contributed by atoms with van der Waals surface area (Å²) in [7, 11) is 0. The SMILES string of the molecule is Nc1ncnc2c1c(-c1ccc(Oc3ccccc3)cc1)nn2C1CCN(C(=O)CNCCO)CC1. The normalized spacial score (nSPS) is 14.3. The van der Waals surface area contributed by atoms with Crippen LogP contribution in [0.25, 0.3) is 22.3 Å². The second-order valence-electron chi connectivity index (χ2n) is 8.70. The highest BCUT2D eigenvalue weighted by Crippen LogP contribution is 2.35. The average molecular weight is 488 g/mol. The van der Waals surface area contributed by atoms with E-state index in [0.29, 0.717) is 31.1 Å². The van der Waals surface area contributed by atoms with Gasteiger partial charge < -0.3 is 25.8 Å². The molecule has 10 heteroatoms. The van der Waals surface area contributed by atoms with Crippen LogP contribution in [0.5, 0.6) is 11.5 Å². The molecule has 4 N–H and O–H groups in total. The number of ether oxygens (including phenoxy) is 1. The number of nitrogens with zero attached hydrogens (tertiary/aromatic N) is 5. The molecule has 0 bridgehead atoms. The van der Waals surface area contributed by atoms with Gasteiger partial charge in [0, 0.05) is 25.2 Å². The fourth-order valence-corrected chi connectivity index (χ4v) is 4.50. The Bertz CT molecular complexity index is 1320. The fraction of sp³-hybridized carbons (Fsp3) is 0.308. The summed E-state index contributed by atoms with van der Waals surface area (Å²) in [5.74, 6) is 1.92. The number of aliphatic hydroxyl groups excluding tert-OH is 1. The molecule has 1 fully saturated rings. The van der Waals surface area contributed by atoms with Gasteiger partial charge in [-0.3, -0.25) is 4.79 Å². The highest BCUT2D eigenvalue weighted by molar-refractivity contribution is 5.98. The zero-order chi connectivity index (χ0) is 24.9. The monoisotopic (exact) mass is 487 g/mol. The summed E-state index contributed by atoms with van der Waals surface area (Å²) in [5, 5.41) is 17.5. The van der Waals surface area contributed by atoms with Crippen molar-refractivity contribution in [1.82, 2.24) is 30.0 Å². The summed E-state index contributed by atoms with van der Waals surface area (Å²) in [6.45, 7) is 1.91. The van der Waals surface area contributed by atoms with Gasteiger partial charge in [0.05, 0.1) is 24.6 Å². The van der Waals surface area contributed by atoms with Crippen LogP contribution in [0.3, 0.4) is 0 Å². The number of benzene rings is 2. The van der Waals surface area contributed by atoms with Crippen LogP contribution >= 0.6 is 0 Å². The van der Waals surface area contributed by atoms with Gasteiger partial charge >= 0.3 is 0 Å². The minimum absolute atomic E-state index is 0.0117. The Morgan fingerprint density at radius 3 is 2.50 bits per heavy atom. The molecule has 2 aromatic heterocycles. The molecule has 4 aromatic rings. The summed E-state index contributed by atoms with van der Waals surface area (Å²) in [5.41, 5.74) is 8.59. The minimum Gasteiger partial charge on any atom is -0.457 e. The fourth-order valence-electron chi connectivity index (χ4n) is 4.50. The molecule has 0 unspecified atom stereocenters. The standard InChI is InChI=1S/C26H29N7O3/c27-25-23-24(18-6-8-21(9-7-18)36-20-4-2-1-3-5-20)31-33(26(23)30-17-29-25)19-10-13-32(14-11-19)22(35)16-28-12-15-34/h1-9,17,19,28,34H,10-16H2,(H2,27,29,30). The molecule has 0 spiro atoms. The lowest BCUT2D eigenvalue weighted by atomic mass is 10.1. The number of amides is 1. The Hall–Kier alpha value is -4.02. The molecule has 3 heterocycles. The van der Waals surface area contributed by atoms with Crippen LogP contribution in [-0.4, -0.2) is 68.4 Å². The molecular weight excluding hydrogens is 458 g/mol. The van der Waals surface area contributed by atoms with E-state index in [2.05, 4.69) is 15.3 Å². The number of nitrogen functional groups attached to an aromatic ring is 1. The molecule has 0 radical (unpaired) electrons. The van der Waals surface area contributed by atoms with E-state index in [4.69, 9.17) is 20.7 Å². The Kier molecular flexibility index (Phi) is 7.06. The number of carbonyl (C=O) groups excluding carboxylic acids is 1. The first-order chi connectivity index (χ1) is 17.6. The number of para-hydroxylation sites is 1. The van der Waals surface area contributed by atoms with Gasteiger partial charge in [0.2, 0.25) is 5.91 Å². The van der Waals surface area contributed by atoms with E-state index < -0.39 is 0 Å². The highest BCUT2D eigenvalue weighted by Gasteiger charge is 2.27. The van der Waals surface area contributed by atoms with Crippen LogP contribution in [0.4, 0.5) is 5.82 Å². The lowest BCUT2D eigenvalue weighted by Gasteiger charge is -2.32. The van der Waals surface area contributed by atoms with E-state index in [-0.39, 0.29) is 25.1 Å². The van der Waals surface area contributed by atoms with Gasteiger partial charge in [0.15, 0.2) is 5.65 Å². The molecule has 0 aliphatic carbocycles. The van der Waals surface area contributed by atoms with Crippen LogP contribution in [-0.2, 0) is 4.79 Å². The molecule has 36 heavy (non-hydrogen) atoms. The molecule has 1 amide bonds. The summed E-state index contributed by atoms with van der Waals surface area (Å²) in [4.78, 5) is 23.0. The molecule has 1 aliphatic heterocycles. The first kappa shape index (κ1) is 23.7. The average Bonchev–Trinajstić information content (AvgIpc) is 3.31. The van der Waals surface area contributed by atoms with Crippen molar-refractivity contribution < 1.29 is 14.6 Å². The molecule has 10 nitrogen and oxygen atoms in total. The van der Waals surface area contributed by atoms with Crippen molar-refractivity contribution >= 4 is 22.8 Å². The lowest BCUT2D eigenvalue weighted by molar-refractivity contribution is -0.131. The quantitative estimate of drug-likeness (QED) is 0.323. The Labute approximate surface area is 208 Å². The summed E-state index contributed by atoms with van der Waals surface area (Å²) in [6, 6.07) is 17.4. The van der Waals surface area contributed by atoms with E-state index in [1.807, 2.05) is 64.2 Å². The smallest absolute Gasteiger partial charge is 0.236 e. The number of nitrogens with two attached hydrogens (primary N) is 1. The van der Waals surface area contributed by atoms with Gasteiger partial charge in [0.1, 0.15) is 29.3 Å². The zero-order valence-corrected chi connectivity index (χ0v) is 19.9. The van der Waals surface area contributed by atoms with E-state index in [9.17, 15) is 4.79 Å². The number of carbonyl (C=O) groups is 1. The molecule has 5 rings (SSSR count). The van der Waals surface area contributed by atoms with Crippen molar-refractivity contribution in [3.8, 4) is 22.8 Å². The number of fused-ring (bicyclic) bond motifs is 1. The largest absolute Gasteiger partial charge is 0.457 e. The number of anilines is 1. The van der Waals surface area contributed by atoms with Crippen LogP contribution in [0, 0.1) is 0 Å². The van der Waals surface area contributed by atoms with E-state index in [0.717, 1.165) is 41.0 Å². The van der Waals surface area contributed by atoms with E-state index in [1.54, 1.807) is 0 Å². The topological polar surface area (TPSA) is 131 Å². The Morgan fingerprint density at radius 1 is 1.06 bits per heavy atom. The molecule has 0 atom stereocenters. The number of piperidine rings is 1. The number of hydrogen-bond donors (Lipinski definition) is 3. The number of rotatable bonds is 8. The predicted molar refractivity (Wildman–Crippen MR) is 136 cm³/mol. The van der Waals surface area contributed by atoms with Crippen molar-refractivity contribution in [1.29, 1.82) is 0 Å². The molecule has 1 aliphatic rings. The summed E-state index contributed by atoms with van der Waals surface area (Å²) < 4.78 is 7.85. The first-order valence-corrected chi connectivity index (χ1v) is 12.1. The van der Waals surface area contributed by atoms with Crippen molar-refractivity contribution in [3.63, 3.8) is 0 Å². The minimum atomic E-state index is 0.0117. The Balaban J connectivity index is 1.36. The van der Waals surface area contributed by atoms with Gasteiger partial charge in [-0.25, -0.2) is 14.6 Å². The van der Waals surface area contributed by atoms with Gasteiger partial charge in [0.25, 0.3) is 0 Å². The highest BCUT2D eigenvalue weighted by atomic mass is 16.5. The number of likely N-dealkylation sites (tertiary alicyclic amines) is 1. The molecule has 0 saturated carbocycles. The maximum absolute atomic E-state index is 12.4. The first-order valence-electron chi connectivity index (χ1n) is 12.1. The van der Waals surface area contributed by atoms with E-state index in [1.165, 1.54) is 6.33 Å². The van der Waals surface area contributed by atoms with Crippen LogP contribution in [0.2, 0.25) is 0 Å². The van der Waals surface area contributed by atoms with Gasteiger partial charge in [-0.1, -0.05) is 18.2 Å². The molecule has 1 saturated heterocycles. The van der Waals surface area contributed by atoms with Crippen molar-refractivity contribution in [2.45, 2.75) is 18.9 Å². The number of nitrogens with one attached hydrogen (secondary N) is 1. The zero-order valence-electron chi connectivity index (χ0n) is 19.9. The van der Waals surface area contributed by atoms with Gasteiger partial charge in [-0.2, -0.15) is 5.10 Å². The second kappa shape index (κ2) is 10.7. The van der Waals surface area contributed by atoms with Crippen LogP contribution < -0.4 is 15.8 Å². The van der Waals surface area contributed by atoms with Crippen molar-refractivity contribution in [2.24, 2.45) is 0 Å².